The second-order valence-corrected chi connectivity index (χ2v) is 6.86. The lowest BCUT2D eigenvalue weighted by Crippen LogP contribution is -2.45. The van der Waals surface area contributed by atoms with Crippen LogP contribution in [0.3, 0.4) is 0 Å². The Morgan fingerprint density at radius 3 is 2.67 bits per heavy atom. The maximum absolute atomic E-state index is 12.5. The third-order valence-corrected chi connectivity index (χ3v) is 4.59. The lowest BCUT2D eigenvalue weighted by atomic mass is 10.2. The zero-order valence-corrected chi connectivity index (χ0v) is 15.4. The standard InChI is InChI=1S/C17H20BrN5O/c1-12-11-13(18)3-4-14(12)20-16(24)15-5-6-19-17(21-15)23-9-7-22(2)8-10-23/h3-6,11H,7-10H2,1-2H3,(H,20,24). The molecule has 1 amide bonds. The number of halogens is 1. The highest BCUT2D eigenvalue weighted by atomic mass is 79.9. The van der Waals surface area contributed by atoms with Crippen molar-refractivity contribution in [1.29, 1.82) is 0 Å². The zero-order valence-electron chi connectivity index (χ0n) is 13.8. The highest BCUT2D eigenvalue weighted by molar-refractivity contribution is 9.10. The van der Waals surface area contributed by atoms with E-state index in [2.05, 4.69) is 48.1 Å². The fourth-order valence-electron chi connectivity index (χ4n) is 2.59. The Balaban J connectivity index is 1.74. The molecule has 3 rings (SSSR count). The summed E-state index contributed by atoms with van der Waals surface area (Å²) in [5.41, 5.74) is 2.15. The van der Waals surface area contributed by atoms with E-state index < -0.39 is 0 Å². The molecule has 126 valence electrons. The molecule has 2 heterocycles. The van der Waals surface area contributed by atoms with Gasteiger partial charge in [-0.15, -0.1) is 0 Å². The van der Waals surface area contributed by atoms with Gasteiger partial charge in [0, 0.05) is 42.5 Å². The minimum Gasteiger partial charge on any atom is -0.338 e. The van der Waals surface area contributed by atoms with Gasteiger partial charge in [-0.2, -0.15) is 0 Å². The first-order chi connectivity index (χ1) is 11.5. The summed E-state index contributed by atoms with van der Waals surface area (Å²) in [6.45, 7) is 5.63. The molecule has 7 heteroatoms. The molecule has 0 spiro atoms. The molecule has 24 heavy (non-hydrogen) atoms. The number of aryl methyl sites for hydroxylation is 1. The first kappa shape index (κ1) is 16.9. The van der Waals surface area contributed by atoms with Crippen LogP contribution in [0, 0.1) is 6.92 Å². The topological polar surface area (TPSA) is 61.4 Å². The Hall–Kier alpha value is -1.99. The number of anilines is 2. The van der Waals surface area contributed by atoms with Crippen molar-refractivity contribution in [2.45, 2.75) is 6.92 Å². The number of amides is 1. The van der Waals surface area contributed by atoms with E-state index in [9.17, 15) is 4.79 Å². The molecule has 1 saturated heterocycles. The fourth-order valence-corrected chi connectivity index (χ4v) is 3.06. The molecule has 0 unspecified atom stereocenters. The second-order valence-electron chi connectivity index (χ2n) is 5.95. The quantitative estimate of drug-likeness (QED) is 0.873. The van der Waals surface area contributed by atoms with Crippen LogP contribution in [0.1, 0.15) is 16.1 Å². The van der Waals surface area contributed by atoms with Gasteiger partial charge in [-0.25, -0.2) is 9.97 Å². The Bertz CT molecular complexity index is 744. The fraction of sp³-hybridized carbons (Fsp3) is 0.353. The van der Waals surface area contributed by atoms with Gasteiger partial charge in [-0.05, 0) is 43.8 Å². The number of benzene rings is 1. The Kier molecular flexibility index (Phi) is 5.11. The van der Waals surface area contributed by atoms with Crippen molar-refractivity contribution in [3.05, 3.63) is 46.2 Å². The van der Waals surface area contributed by atoms with Gasteiger partial charge in [-0.3, -0.25) is 4.79 Å². The van der Waals surface area contributed by atoms with Gasteiger partial charge in [-0.1, -0.05) is 15.9 Å². The largest absolute Gasteiger partial charge is 0.338 e. The molecule has 1 aromatic carbocycles. The zero-order chi connectivity index (χ0) is 17.1. The third kappa shape index (κ3) is 3.91. The highest BCUT2D eigenvalue weighted by Crippen LogP contribution is 2.20. The monoisotopic (exact) mass is 389 g/mol. The van der Waals surface area contributed by atoms with Crippen LogP contribution in [0.5, 0.6) is 0 Å². The molecule has 1 N–H and O–H groups in total. The SMILES string of the molecule is Cc1cc(Br)ccc1NC(=O)c1ccnc(N2CCN(C)CC2)n1. The van der Waals surface area contributed by atoms with Gasteiger partial charge in [0.15, 0.2) is 0 Å². The van der Waals surface area contributed by atoms with E-state index in [0.717, 1.165) is 41.9 Å². The predicted molar refractivity (Wildman–Crippen MR) is 98.6 cm³/mol. The number of nitrogens with one attached hydrogen (secondary N) is 1. The number of carbonyl (C=O) groups excluding carboxylic acids is 1. The van der Waals surface area contributed by atoms with Gasteiger partial charge in [0.25, 0.3) is 5.91 Å². The molecular weight excluding hydrogens is 370 g/mol. The summed E-state index contributed by atoms with van der Waals surface area (Å²) < 4.78 is 0.984. The average Bonchev–Trinajstić information content (AvgIpc) is 2.58. The number of rotatable bonds is 3. The number of piperazine rings is 1. The van der Waals surface area contributed by atoms with Crippen LogP contribution in [0.25, 0.3) is 0 Å². The Morgan fingerprint density at radius 1 is 1.21 bits per heavy atom. The van der Waals surface area contributed by atoms with Crippen molar-refractivity contribution in [3.63, 3.8) is 0 Å². The van der Waals surface area contributed by atoms with Crippen LogP contribution < -0.4 is 10.2 Å². The van der Waals surface area contributed by atoms with Gasteiger partial charge in [0.2, 0.25) is 5.95 Å². The summed E-state index contributed by atoms with van der Waals surface area (Å²) in [4.78, 5) is 25.6. The van der Waals surface area contributed by atoms with Crippen molar-refractivity contribution >= 4 is 33.5 Å². The lowest BCUT2D eigenvalue weighted by Gasteiger charge is -2.32. The Morgan fingerprint density at radius 2 is 1.96 bits per heavy atom. The molecule has 2 aromatic rings. The maximum atomic E-state index is 12.5. The summed E-state index contributed by atoms with van der Waals surface area (Å²) >= 11 is 3.42. The van der Waals surface area contributed by atoms with E-state index in [1.165, 1.54) is 0 Å². The van der Waals surface area contributed by atoms with E-state index in [4.69, 9.17) is 0 Å². The van der Waals surface area contributed by atoms with Crippen LogP contribution in [-0.2, 0) is 0 Å². The summed E-state index contributed by atoms with van der Waals surface area (Å²) in [5.74, 6) is 0.390. The normalized spacial score (nSPS) is 15.4. The van der Waals surface area contributed by atoms with Crippen molar-refractivity contribution in [2.75, 3.05) is 43.4 Å². The average molecular weight is 390 g/mol. The van der Waals surface area contributed by atoms with E-state index in [1.54, 1.807) is 12.3 Å². The first-order valence-corrected chi connectivity index (χ1v) is 8.66. The minimum absolute atomic E-state index is 0.224. The van der Waals surface area contributed by atoms with Crippen LogP contribution in [0.4, 0.5) is 11.6 Å². The molecule has 0 radical (unpaired) electrons. The van der Waals surface area contributed by atoms with Crippen molar-refractivity contribution < 1.29 is 4.79 Å². The highest BCUT2D eigenvalue weighted by Gasteiger charge is 2.18. The van der Waals surface area contributed by atoms with Crippen LogP contribution in [-0.4, -0.2) is 54.0 Å². The maximum Gasteiger partial charge on any atom is 0.274 e. The molecule has 1 aromatic heterocycles. The van der Waals surface area contributed by atoms with Gasteiger partial charge in [0.05, 0.1) is 0 Å². The Labute approximate surface area is 150 Å². The molecule has 1 aliphatic heterocycles. The van der Waals surface area contributed by atoms with E-state index in [1.807, 2.05) is 25.1 Å². The molecule has 6 nitrogen and oxygen atoms in total. The summed E-state index contributed by atoms with van der Waals surface area (Å²) in [6.07, 6.45) is 1.64. The minimum atomic E-state index is -0.224. The van der Waals surface area contributed by atoms with Gasteiger partial charge in [0.1, 0.15) is 5.69 Å². The van der Waals surface area contributed by atoms with Crippen molar-refractivity contribution in [1.82, 2.24) is 14.9 Å². The second kappa shape index (κ2) is 7.27. The van der Waals surface area contributed by atoms with Gasteiger partial charge < -0.3 is 15.1 Å². The number of hydrogen-bond acceptors (Lipinski definition) is 5. The number of carbonyl (C=O) groups is 1. The summed E-state index contributed by atoms with van der Waals surface area (Å²) in [5, 5.41) is 2.91. The molecule has 0 atom stereocenters. The van der Waals surface area contributed by atoms with Crippen molar-refractivity contribution in [2.24, 2.45) is 0 Å². The molecular formula is C17H20BrN5O. The third-order valence-electron chi connectivity index (χ3n) is 4.10. The lowest BCUT2D eigenvalue weighted by molar-refractivity contribution is 0.102. The first-order valence-electron chi connectivity index (χ1n) is 7.87. The van der Waals surface area contributed by atoms with Crippen molar-refractivity contribution in [3.8, 4) is 0 Å². The predicted octanol–water partition coefficient (Wildman–Crippen LogP) is 2.55. The molecule has 1 fully saturated rings. The molecule has 0 aliphatic carbocycles. The number of nitrogens with zero attached hydrogens (tertiary/aromatic N) is 4. The van der Waals surface area contributed by atoms with E-state index in [0.29, 0.717) is 11.6 Å². The summed E-state index contributed by atoms with van der Waals surface area (Å²) in [7, 11) is 2.10. The molecule has 0 saturated carbocycles. The van der Waals surface area contributed by atoms with E-state index in [-0.39, 0.29) is 5.91 Å². The van der Waals surface area contributed by atoms with Crippen LogP contribution in [0.2, 0.25) is 0 Å². The number of likely N-dealkylation sites (N-methyl/N-ethyl adjacent to an activating group) is 1. The van der Waals surface area contributed by atoms with E-state index >= 15 is 0 Å². The van der Waals surface area contributed by atoms with Crippen LogP contribution >= 0.6 is 15.9 Å². The number of aromatic nitrogens is 2. The number of hydrogen-bond donors (Lipinski definition) is 1. The smallest absolute Gasteiger partial charge is 0.274 e. The van der Waals surface area contributed by atoms with Crippen LogP contribution in [0.15, 0.2) is 34.9 Å². The molecule has 0 bridgehead atoms. The molecule has 1 aliphatic rings. The van der Waals surface area contributed by atoms with Gasteiger partial charge >= 0.3 is 0 Å². The summed E-state index contributed by atoms with van der Waals surface area (Å²) in [6, 6.07) is 7.38.